The SMILES string of the molecule is Cc1c(Sc2ccccc2)ccc(O)c1O. The van der Waals surface area contributed by atoms with Gasteiger partial charge in [-0.25, -0.2) is 0 Å². The lowest BCUT2D eigenvalue weighted by atomic mass is 10.2. The topological polar surface area (TPSA) is 40.5 Å². The van der Waals surface area contributed by atoms with Crippen molar-refractivity contribution in [3.05, 3.63) is 48.0 Å². The number of phenolic OH excluding ortho intramolecular Hbond substituents is 2. The summed E-state index contributed by atoms with van der Waals surface area (Å²) < 4.78 is 0. The third-order valence-corrected chi connectivity index (χ3v) is 3.50. The predicted molar refractivity (Wildman–Crippen MR) is 65.1 cm³/mol. The van der Waals surface area contributed by atoms with Gasteiger partial charge in [0.2, 0.25) is 0 Å². The van der Waals surface area contributed by atoms with Crippen LogP contribution in [0.4, 0.5) is 0 Å². The second-order valence-corrected chi connectivity index (χ2v) is 4.59. The van der Waals surface area contributed by atoms with E-state index in [4.69, 9.17) is 0 Å². The molecule has 0 heterocycles. The molecule has 0 radical (unpaired) electrons. The molecule has 0 aliphatic carbocycles. The van der Waals surface area contributed by atoms with Crippen molar-refractivity contribution in [2.45, 2.75) is 16.7 Å². The minimum atomic E-state index is -0.0742. The van der Waals surface area contributed by atoms with E-state index in [1.54, 1.807) is 18.7 Å². The fourth-order valence-corrected chi connectivity index (χ4v) is 2.33. The van der Waals surface area contributed by atoms with Crippen molar-refractivity contribution < 1.29 is 10.2 Å². The van der Waals surface area contributed by atoms with Gasteiger partial charge in [-0.1, -0.05) is 30.0 Å². The van der Waals surface area contributed by atoms with Crippen molar-refractivity contribution in [3.8, 4) is 11.5 Å². The van der Waals surface area contributed by atoms with Gasteiger partial charge >= 0.3 is 0 Å². The first-order valence-electron chi connectivity index (χ1n) is 4.93. The van der Waals surface area contributed by atoms with Crippen LogP contribution in [0.25, 0.3) is 0 Å². The van der Waals surface area contributed by atoms with Gasteiger partial charge in [0.05, 0.1) is 0 Å². The molecule has 2 nitrogen and oxygen atoms in total. The third-order valence-electron chi connectivity index (χ3n) is 2.33. The van der Waals surface area contributed by atoms with Gasteiger partial charge in [-0.15, -0.1) is 0 Å². The first kappa shape index (κ1) is 10.9. The zero-order valence-electron chi connectivity index (χ0n) is 8.84. The highest BCUT2D eigenvalue weighted by atomic mass is 32.2. The Morgan fingerprint density at radius 1 is 0.938 bits per heavy atom. The monoisotopic (exact) mass is 232 g/mol. The number of hydrogen-bond donors (Lipinski definition) is 2. The maximum atomic E-state index is 9.60. The lowest BCUT2D eigenvalue weighted by Gasteiger charge is -2.08. The van der Waals surface area contributed by atoms with Gasteiger partial charge < -0.3 is 10.2 Å². The molecule has 0 unspecified atom stereocenters. The summed E-state index contributed by atoms with van der Waals surface area (Å²) in [5.41, 5.74) is 0.703. The Kier molecular flexibility index (Phi) is 3.06. The lowest BCUT2D eigenvalue weighted by molar-refractivity contribution is 0.399. The molecule has 82 valence electrons. The summed E-state index contributed by atoms with van der Waals surface area (Å²) in [7, 11) is 0. The minimum absolute atomic E-state index is 0.0408. The minimum Gasteiger partial charge on any atom is -0.504 e. The Hall–Kier alpha value is -1.61. The van der Waals surface area contributed by atoms with Crippen LogP contribution in [0, 0.1) is 6.92 Å². The number of hydrogen-bond acceptors (Lipinski definition) is 3. The molecule has 2 rings (SSSR count). The molecule has 0 fully saturated rings. The van der Waals surface area contributed by atoms with Gasteiger partial charge in [0.1, 0.15) is 0 Å². The maximum Gasteiger partial charge on any atom is 0.161 e. The van der Waals surface area contributed by atoms with E-state index >= 15 is 0 Å². The van der Waals surface area contributed by atoms with Crippen LogP contribution in [-0.2, 0) is 0 Å². The molecule has 16 heavy (non-hydrogen) atoms. The Labute approximate surface area is 98.6 Å². The third kappa shape index (κ3) is 2.14. The van der Waals surface area contributed by atoms with Crippen molar-refractivity contribution in [2.75, 3.05) is 0 Å². The molecule has 0 aromatic heterocycles. The van der Waals surface area contributed by atoms with Crippen LogP contribution in [0.3, 0.4) is 0 Å². The number of benzene rings is 2. The molecule has 2 N–H and O–H groups in total. The van der Waals surface area contributed by atoms with Gasteiger partial charge in [-0.2, -0.15) is 0 Å². The van der Waals surface area contributed by atoms with E-state index in [9.17, 15) is 10.2 Å². The highest BCUT2D eigenvalue weighted by Crippen LogP contribution is 2.38. The summed E-state index contributed by atoms with van der Waals surface area (Å²) >= 11 is 1.57. The molecule has 0 amide bonds. The number of rotatable bonds is 2. The van der Waals surface area contributed by atoms with Crippen molar-refractivity contribution >= 4 is 11.8 Å². The summed E-state index contributed by atoms with van der Waals surface area (Å²) in [4.78, 5) is 2.05. The average molecular weight is 232 g/mol. The van der Waals surface area contributed by atoms with Crippen LogP contribution < -0.4 is 0 Å². The largest absolute Gasteiger partial charge is 0.504 e. The quantitative estimate of drug-likeness (QED) is 0.778. The first-order valence-corrected chi connectivity index (χ1v) is 5.74. The van der Waals surface area contributed by atoms with Crippen molar-refractivity contribution in [1.82, 2.24) is 0 Å². The first-order chi connectivity index (χ1) is 7.68. The van der Waals surface area contributed by atoms with Gasteiger partial charge in [0.25, 0.3) is 0 Å². The van der Waals surface area contributed by atoms with Crippen LogP contribution in [-0.4, -0.2) is 10.2 Å². The Bertz CT molecular complexity index is 495. The van der Waals surface area contributed by atoms with E-state index in [-0.39, 0.29) is 11.5 Å². The second-order valence-electron chi connectivity index (χ2n) is 3.47. The van der Waals surface area contributed by atoms with E-state index < -0.39 is 0 Å². The van der Waals surface area contributed by atoms with E-state index in [1.165, 1.54) is 6.07 Å². The van der Waals surface area contributed by atoms with Crippen LogP contribution in [0.2, 0.25) is 0 Å². The average Bonchev–Trinajstić information content (AvgIpc) is 2.31. The molecule has 0 spiro atoms. The molecule has 0 aliphatic rings. The summed E-state index contributed by atoms with van der Waals surface area (Å²) in [5, 5.41) is 18.9. The highest BCUT2D eigenvalue weighted by Gasteiger charge is 2.08. The van der Waals surface area contributed by atoms with Gasteiger partial charge in [-0.05, 0) is 31.2 Å². The summed E-state index contributed by atoms with van der Waals surface area (Å²) in [6.45, 7) is 1.79. The van der Waals surface area contributed by atoms with Crippen molar-refractivity contribution in [2.24, 2.45) is 0 Å². The van der Waals surface area contributed by atoms with Gasteiger partial charge in [-0.3, -0.25) is 0 Å². The summed E-state index contributed by atoms with van der Waals surface area (Å²) in [6.07, 6.45) is 0. The standard InChI is InChI=1S/C13H12O2S/c1-9-12(8-7-11(14)13(9)15)16-10-5-3-2-4-6-10/h2-8,14-15H,1H3. The van der Waals surface area contributed by atoms with Gasteiger partial charge in [0.15, 0.2) is 11.5 Å². The fourth-order valence-electron chi connectivity index (χ4n) is 1.39. The maximum absolute atomic E-state index is 9.60. The normalized spacial score (nSPS) is 10.3. The molecular weight excluding hydrogens is 220 g/mol. The number of aromatic hydroxyl groups is 2. The predicted octanol–water partition coefficient (Wildman–Crippen LogP) is 3.56. The molecule has 2 aromatic carbocycles. The van der Waals surface area contributed by atoms with Crippen molar-refractivity contribution in [1.29, 1.82) is 0 Å². The highest BCUT2D eigenvalue weighted by molar-refractivity contribution is 7.99. The zero-order valence-corrected chi connectivity index (χ0v) is 9.66. The molecular formula is C13H12O2S. The summed E-state index contributed by atoms with van der Waals surface area (Å²) in [5.74, 6) is -0.115. The van der Waals surface area contributed by atoms with E-state index in [2.05, 4.69) is 0 Å². The molecule has 2 aromatic rings. The molecule has 0 saturated carbocycles. The lowest BCUT2D eigenvalue weighted by Crippen LogP contribution is -1.81. The Balaban J connectivity index is 2.33. The van der Waals surface area contributed by atoms with E-state index in [0.717, 1.165) is 9.79 Å². The Morgan fingerprint density at radius 2 is 1.62 bits per heavy atom. The molecule has 0 atom stereocenters. The van der Waals surface area contributed by atoms with Crippen LogP contribution >= 0.6 is 11.8 Å². The van der Waals surface area contributed by atoms with Crippen LogP contribution in [0.1, 0.15) is 5.56 Å². The molecule has 0 saturated heterocycles. The molecule has 0 aliphatic heterocycles. The number of phenols is 2. The van der Waals surface area contributed by atoms with Crippen LogP contribution in [0.5, 0.6) is 11.5 Å². The van der Waals surface area contributed by atoms with Crippen LogP contribution in [0.15, 0.2) is 52.3 Å². The van der Waals surface area contributed by atoms with Crippen molar-refractivity contribution in [3.63, 3.8) is 0 Å². The fraction of sp³-hybridized carbons (Fsp3) is 0.0769. The van der Waals surface area contributed by atoms with E-state index in [1.807, 2.05) is 36.4 Å². The molecule has 3 heteroatoms. The Morgan fingerprint density at radius 3 is 2.31 bits per heavy atom. The summed E-state index contributed by atoms with van der Waals surface area (Å²) in [6, 6.07) is 13.2. The van der Waals surface area contributed by atoms with E-state index in [0.29, 0.717) is 5.56 Å². The smallest absolute Gasteiger partial charge is 0.161 e. The molecule has 0 bridgehead atoms. The second kappa shape index (κ2) is 4.49. The van der Waals surface area contributed by atoms with Gasteiger partial charge in [0, 0.05) is 15.4 Å². The zero-order chi connectivity index (χ0) is 11.5.